The maximum Gasteiger partial charge on any atom is 0.327 e. The van der Waals surface area contributed by atoms with Crippen LogP contribution in [-0.4, -0.2) is 134 Å². The number of amides is 6. The van der Waals surface area contributed by atoms with Gasteiger partial charge >= 0.3 is 11.9 Å². The third kappa shape index (κ3) is 15.4. The van der Waals surface area contributed by atoms with Crippen molar-refractivity contribution in [3.8, 4) is 0 Å². The topological polar surface area (TPSA) is 368 Å². The van der Waals surface area contributed by atoms with Crippen LogP contribution in [0.2, 0.25) is 0 Å². The number of aromatic nitrogens is 2. The molecule has 23 heteroatoms. The first-order valence-electron chi connectivity index (χ1n) is 18.0. The van der Waals surface area contributed by atoms with Gasteiger partial charge in [-0.05, 0) is 24.7 Å². The van der Waals surface area contributed by atoms with Crippen molar-refractivity contribution in [2.24, 2.45) is 34.0 Å². The van der Waals surface area contributed by atoms with Gasteiger partial charge < -0.3 is 64.3 Å². The number of carbonyl (C=O) groups excluding carboxylic acids is 6. The number of carboxylic acids is 2. The van der Waals surface area contributed by atoms with Crippen molar-refractivity contribution in [2.75, 3.05) is 18.1 Å². The van der Waals surface area contributed by atoms with Gasteiger partial charge in [-0.2, -0.15) is 11.8 Å². The van der Waals surface area contributed by atoms with E-state index in [-0.39, 0.29) is 43.3 Å². The number of guanidine groups is 1. The molecule has 0 saturated carbocycles. The van der Waals surface area contributed by atoms with E-state index < -0.39 is 108 Å². The van der Waals surface area contributed by atoms with E-state index in [1.165, 1.54) is 12.5 Å². The number of thioether (sulfide) groups is 1. The fraction of sp³-hybridized carbons (Fsp3) is 0.636. The molecular formula is C33H54N12O10S. The Morgan fingerprint density at radius 1 is 0.964 bits per heavy atom. The van der Waals surface area contributed by atoms with Crippen LogP contribution in [0.5, 0.6) is 0 Å². The first-order chi connectivity index (χ1) is 26.3. The van der Waals surface area contributed by atoms with Crippen LogP contribution in [0, 0.1) is 11.8 Å². The smallest absolute Gasteiger partial charge is 0.327 e. The number of aromatic amines is 1. The van der Waals surface area contributed by atoms with Gasteiger partial charge in [0.15, 0.2) is 5.96 Å². The second-order valence-corrected chi connectivity index (χ2v) is 14.7. The van der Waals surface area contributed by atoms with Gasteiger partial charge in [0.05, 0.1) is 18.8 Å². The first kappa shape index (κ1) is 46.7. The fourth-order valence-electron chi connectivity index (χ4n) is 5.36. The Labute approximate surface area is 327 Å². The predicted molar refractivity (Wildman–Crippen MR) is 203 cm³/mol. The summed E-state index contributed by atoms with van der Waals surface area (Å²) in [5, 5.41) is 34.3. The summed E-state index contributed by atoms with van der Waals surface area (Å²) >= 11 is 0.946. The van der Waals surface area contributed by atoms with E-state index in [0.29, 0.717) is 12.1 Å². The molecule has 0 unspecified atom stereocenters. The van der Waals surface area contributed by atoms with E-state index in [1.807, 2.05) is 0 Å². The van der Waals surface area contributed by atoms with Crippen molar-refractivity contribution in [1.82, 2.24) is 41.9 Å². The fourth-order valence-corrected chi connectivity index (χ4v) is 6.43. The normalized spacial score (nSPS) is 21.5. The number of H-pyrrole nitrogens is 1. The zero-order chi connectivity index (χ0) is 42.1. The molecule has 2 heterocycles. The van der Waals surface area contributed by atoms with Gasteiger partial charge in [0.1, 0.15) is 36.3 Å². The molecule has 1 fully saturated rings. The lowest BCUT2D eigenvalue weighted by molar-refractivity contribution is -0.141. The Bertz CT molecular complexity index is 1570. The third-order valence-corrected chi connectivity index (χ3v) is 9.92. The molecule has 56 heavy (non-hydrogen) atoms. The van der Waals surface area contributed by atoms with Crippen LogP contribution in [0.15, 0.2) is 17.5 Å². The molecule has 6 amide bonds. The van der Waals surface area contributed by atoms with E-state index in [2.05, 4.69) is 46.9 Å². The van der Waals surface area contributed by atoms with Gasteiger partial charge in [-0.25, -0.2) is 9.78 Å². The number of rotatable bonds is 18. The molecule has 2 rings (SSSR count). The van der Waals surface area contributed by atoms with Crippen molar-refractivity contribution >= 4 is 65.1 Å². The molecule has 22 nitrogen and oxygen atoms in total. The van der Waals surface area contributed by atoms with Crippen LogP contribution in [0.25, 0.3) is 0 Å². The molecule has 0 aromatic carbocycles. The number of carboxylic acid groups (broad SMARTS) is 2. The van der Waals surface area contributed by atoms with Crippen LogP contribution < -0.4 is 49.1 Å². The number of nitrogens with one attached hydrogen (secondary N) is 7. The average Bonchev–Trinajstić information content (AvgIpc) is 3.64. The van der Waals surface area contributed by atoms with Crippen molar-refractivity contribution in [3.05, 3.63) is 18.2 Å². The van der Waals surface area contributed by atoms with Crippen molar-refractivity contribution < 1.29 is 48.6 Å². The molecule has 0 aliphatic carbocycles. The molecule has 0 bridgehead atoms. The molecule has 1 saturated heterocycles. The minimum atomic E-state index is -1.48. The van der Waals surface area contributed by atoms with Crippen LogP contribution >= 0.6 is 11.8 Å². The summed E-state index contributed by atoms with van der Waals surface area (Å²) < 4.78 is 0. The molecule has 1 aromatic heterocycles. The third-order valence-electron chi connectivity index (χ3n) is 8.78. The highest BCUT2D eigenvalue weighted by atomic mass is 32.2. The average molecular weight is 811 g/mol. The monoisotopic (exact) mass is 810 g/mol. The molecule has 15 N–H and O–H groups in total. The van der Waals surface area contributed by atoms with Crippen molar-refractivity contribution in [1.29, 1.82) is 0 Å². The van der Waals surface area contributed by atoms with Gasteiger partial charge in [-0.15, -0.1) is 0 Å². The Hall–Kier alpha value is -5.45. The zero-order valence-corrected chi connectivity index (χ0v) is 32.5. The summed E-state index contributed by atoms with van der Waals surface area (Å²) in [5.41, 5.74) is 16.9. The highest BCUT2D eigenvalue weighted by molar-refractivity contribution is 7.99. The Morgan fingerprint density at radius 2 is 1.66 bits per heavy atom. The number of imidazole rings is 1. The van der Waals surface area contributed by atoms with E-state index in [4.69, 9.17) is 22.3 Å². The number of nitrogens with zero attached hydrogens (tertiary/aromatic N) is 2. The van der Waals surface area contributed by atoms with Crippen LogP contribution in [0.4, 0.5) is 0 Å². The maximum absolute atomic E-state index is 13.9. The molecular weight excluding hydrogens is 757 g/mol. The lowest BCUT2D eigenvalue weighted by Crippen LogP contribution is -2.61. The first-order valence-corrected chi connectivity index (χ1v) is 19.1. The molecule has 8 atom stereocenters. The van der Waals surface area contributed by atoms with Crippen molar-refractivity contribution in [2.45, 2.75) is 102 Å². The van der Waals surface area contributed by atoms with E-state index >= 15 is 0 Å². The maximum atomic E-state index is 13.9. The summed E-state index contributed by atoms with van der Waals surface area (Å²) in [7, 11) is 0. The molecule has 0 radical (unpaired) electrons. The predicted octanol–water partition coefficient (Wildman–Crippen LogP) is -3.75. The number of carbonyl (C=O) groups is 8. The molecule has 0 spiro atoms. The Kier molecular flexibility index (Phi) is 19.0. The largest absolute Gasteiger partial charge is 0.481 e. The second kappa shape index (κ2) is 22.8. The van der Waals surface area contributed by atoms with E-state index in [0.717, 1.165) is 11.8 Å². The number of nitrogens with two attached hydrogens (primary N) is 3. The molecule has 1 aliphatic rings. The minimum Gasteiger partial charge on any atom is -0.481 e. The summed E-state index contributed by atoms with van der Waals surface area (Å²) in [6, 6.07) is -9.30. The number of aliphatic carboxylic acids is 2. The Morgan fingerprint density at radius 3 is 2.23 bits per heavy atom. The van der Waals surface area contributed by atoms with Gasteiger partial charge in [0.25, 0.3) is 0 Å². The number of aliphatic imine (C=N–C) groups is 1. The van der Waals surface area contributed by atoms with Crippen LogP contribution in [0.3, 0.4) is 0 Å². The lowest BCUT2D eigenvalue weighted by atomic mass is 9.97. The summed E-state index contributed by atoms with van der Waals surface area (Å²) in [4.78, 5) is 115. The van der Waals surface area contributed by atoms with E-state index in [1.54, 1.807) is 27.7 Å². The summed E-state index contributed by atoms with van der Waals surface area (Å²) in [5.74, 6) is -9.24. The van der Waals surface area contributed by atoms with Gasteiger partial charge in [0, 0.05) is 36.4 Å². The summed E-state index contributed by atoms with van der Waals surface area (Å²) in [6.45, 7) is 6.81. The number of hydrogen-bond donors (Lipinski definition) is 12. The number of hydrogen-bond acceptors (Lipinski definition) is 12. The highest BCUT2D eigenvalue weighted by Crippen LogP contribution is 2.14. The second-order valence-electron chi connectivity index (χ2n) is 13.7. The van der Waals surface area contributed by atoms with Crippen LogP contribution in [0.1, 0.15) is 59.1 Å². The Balaban J connectivity index is 2.38. The minimum absolute atomic E-state index is 0.0364. The standard InChI is InChI=1S/C33H54N12O10S/c1-5-16(4)25-31(53)41-20(9-17-11-37-14-39-17)28(50)43-22(32(54)55)13-56-12-21(29(51)45-25)42-30(52)24(15(2)3)44-27(49)19(7-6-8-38-33(35)36)40-26(48)18(34)10-23(46)47/h11,14-16,18-22,24-25H,5-10,12-13,34H2,1-4H3,(H,37,39)(H,40,48)(H,41,53)(H,42,52)(H,43,50)(H,44,49)(H,45,51)(H,46,47)(H,54,55)(H4,35,36,38)/t16-,18-,19-,20-,21-,22-,24-,25-/m0/s1. The van der Waals surface area contributed by atoms with Crippen LogP contribution in [-0.2, 0) is 44.8 Å². The van der Waals surface area contributed by atoms with Gasteiger partial charge in [0.2, 0.25) is 35.4 Å². The SMILES string of the molecule is CC[C@H](C)[C@@H]1NC(=O)[C@@H](NC(=O)[C@@H](NC(=O)[C@H](CCCN=C(N)N)NC(=O)[C@@H](N)CC(=O)O)C(C)C)CSC[C@@H](C(=O)O)NC(=O)[C@H](Cc2cnc[nH]2)NC1=O. The molecule has 312 valence electrons. The molecule has 1 aliphatic heterocycles. The van der Waals surface area contributed by atoms with Gasteiger partial charge in [-0.1, -0.05) is 34.1 Å². The van der Waals surface area contributed by atoms with E-state index in [9.17, 15) is 43.5 Å². The zero-order valence-electron chi connectivity index (χ0n) is 31.7. The molecule has 1 aromatic rings. The van der Waals surface area contributed by atoms with Gasteiger partial charge in [-0.3, -0.25) is 38.6 Å². The highest BCUT2D eigenvalue weighted by Gasteiger charge is 2.37. The summed E-state index contributed by atoms with van der Waals surface area (Å²) in [6.07, 6.45) is 2.64. The van der Waals surface area contributed by atoms with Crippen molar-refractivity contribution in [3.63, 3.8) is 0 Å². The quantitative estimate of drug-likeness (QED) is 0.0385. The lowest BCUT2D eigenvalue weighted by Gasteiger charge is -2.29.